The van der Waals surface area contributed by atoms with Gasteiger partial charge in [0, 0.05) is 31.2 Å². The van der Waals surface area contributed by atoms with Crippen LogP contribution in [-0.2, 0) is 10.0 Å². The molecule has 0 unspecified atom stereocenters. The molecule has 5 rings (SSSR count). The minimum Gasteiger partial charge on any atom is -0.497 e. The summed E-state index contributed by atoms with van der Waals surface area (Å²) < 4.78 is 48.4. The van der Waals surface area contributed by atoms with Gasteiger partial charge in [-0.3, -0.25) is 9.21 Å². The van der Waals surface area contributed by atoms with Gasteiger partial charge in [-0.2, -0.15) is 0 Å². The summed E-state index contributed by atoms with van der Waals surface area (Å²) in [7, 11) is -2.33. The van der Waals surface area contributed by atoms with E-state index in [1.807, 2.05) is 18.2 Å². The first-order chi connectivity index (χ1) is 18.0. The number of hydrogen-bond acceptors (Lipinski definition) is 4. The molecule has 1 heterocycles. The maximum atomic E-state index is 13.9. The van der Waals surface area contributed by atoms with Crippen molar-refractivity contribution in [3.05, 3.63) is 90.2 Å². The number of halogens is 1. The zero-order chi connectivity index (χ0) is 25.8. The molecule has 7 heteroatoms. The molecule has 2 atom stereocenters. The summed E-state index contributed by atoms with van der Waals surface area (Å²) in [6.07, 6.45) is 6.33. The molecule has 2 aliphatic rings. The average Bonchev–Trinajstić information content (AvgIpc) is 2.94. The van der Waals surface area contributed by atoms with Crippen LogP contribution in [0.1, 0.15) is 50.0 Å². The quantitative estimate of drug-likeness (QED) is 0.370. The van der Waals surface area contributed by atoms with E-state index in [1.165, 1.54) is 59.8 Å². The SMILES string of the molecule is COc1cccc(N(C2CCN([C@@H]3CCCC[C@@H]3c3ccccc3)CC2)S(=O)(=O)c2ccc(F)cc2)c1. The molecule has 5 nitrogen and oxygen atoms in total. The predicted octanol–water partition coefficient (Wildman–Crippen LogP) is 6.22. The number of sulfonamides is 1. The van der Waals surface area contributed by atoms with Crippen molar-refractivity contribution in [3.8, 4) is 5.75 Å². The van der Waals surface area contributed by atoms with E-state index < -0.39 is 15.8 Å². The summed E-state index contributed by atoms with van der Waals surface area (Å²) >= 11 is 0. The van der Waals surface area contributed by atoms with E-state index in [9.17, 15) is 12.8 Å². The summed E-state index contributed by atoms with van der Waals surface area (Å²) in [5.74, 6) is 0.659. The fourth-order valence-electron chi connectivity index (χ4n) is 6.10. The van der Waals surface area contributed by atoms with Gasteiger partial charge in [0.25, 0.3) is 10.0 Å². The molecule has 196 valence electrons. The Labute approximate surface area is 219 Å². The molecular weight excluding hydrogens is 487 g/mol. The van der Waals surface area contributed by atoms with Crippen molar-refractivity contribution in [2.45, 2.75) is 61.4 Å². The lowest BCUT2D eigenvalue weighted by atomic mass is 9.78. The molecule has 1 aliphatic heterocycles. The topological polar surface area (TPSA) is 49.9 Å². The van der Waals surface area contributed by atoms with E-state index >= 15 is 0 Å². The molecule has 0 spiro atoms. The zero-order valence-corrected chi connectivity index (χ0v) is 22.1. The Kier molecular flexibility index (Phi) is 7.81. The van der Waals surface area contributed by atoms with E-state index in [0.29, 0.717) is 23.4 Å². The Morgan fingerprint density at radius 3 is 2.27 bits per heavy atom. The van der Waals surface area contributed by atoms with Crippen molar-refractivity contribution in [2.24, 2.45) is 0 Å². The van der Waals surface area contributed by atoms with E-state index in [-0.39, 0.29) is 10.9 Å². The Hall–Kier alpha value is -2.90. The predicted molar refractivity (Wildman–Crippen MR) is 145 cm³/mol. The van der Waals surface area contributed by atoms with Gasteiger partial charge in [0.15, 0.2) is 0 Å². The van der Waals surface area contributed by atoms with Crippen molar-refractivity contribution in [3.63, 3.8) is 0 Å². The van der Waals surface area contributed by atoms with Crippen LogP contribution in [-0.4, -0.2) is 45.6 Å². The maximum absolute atomic E-state index is 13.9. The molecule has 0 N–H and O–H groups in total. The minimum absolute atomic E-state index is 0.0931. The van der Waals surface area contributed by atoms with Gasteiger partial charge in [0.2, 0.25) is 0 Å². The van der Waals surface area contributed by atoms with Crippen molar-refractivity contribution >= 4 is 15.7 Å². The second-order valence-corrected chi connectivity index (χ2v) is 11.9. The van der Waals surface area contributed by atoms with Crippen LogP contribution in [0.4, 0.5) is 10.1 Å². The Morgan fingerprint density at radius 1 is 0.865 bits per heavy atom. The number of nitrogens with zero attached hydrogens (tertiary/aromatic N) is 2. The van der Waals surface area contributed by atoms with Crippen LogP contribution in [0, 0.1) is 5.82 Å². The third-order valence-corrected chi connectivity index (χ3v) is 9.83. The van der Waals surface area contributed by atoms with Gasteiger partial charge in [-0.25, -0.2) is 12.8 Å². The van der Waals surface area contributed by atoms with E-state index in [1.54, 1.807) is 13.2 Å². The third kappa shape index (κ3) is 5.53. The monoisotopic (exact) mass is 522 g/mol. The van der Waals surface area contributed by atoms with Gasteiger partial charge in [-0.05, 0) is 73.6 Å². The van der Waals surface area contributed by atoms with Gasteiger partial charge in [0.05, 0.1) is 17.7 Å². The number of piperidine rings is 1. The Bertz CT molecular complexity index is 1280. The smallest absolute Gasteiger partial charge is 0.264 e. The van der Waals surface area contributed by atoms with Crippen LogP contribution >= 0.6 is 0 Å². The Morgan fingerprint density at radius 2 is 1.57 bits per heavy atom. The van der Waals surface area contributed by atoms with Gasteiger partial charge in [-0.15, -0.1) is 0 Å². The van der Waals surface area contributed by atoms with Crippen LogP contribution in [0.3, 0.4) is 0 Å². The van der Waals surface area contributed by atoms with Crippen LogP contribution in [0.25, 0.3) is 0 Å². The first-order valence-corrected chi connectivity index (χ1v) is 14.6. The number of anilines is 1. The molecule has 0 aromatic heterocycles. The van der Waals surface area contributed by atoms with Crippen molar-refractivity contribution in [1.29, 1.82) is 0 Å². The highest BCUT2D eigenvalue weighted by atomic mass is 32.2. The van der Waals surface area contributed by atoms with Crippen LogP contribution in [0.15, 0.2) is 83.8 Å². The number of benzene rings is 3. The maximum Gasteiger partial charge on any atom is 0.264 e. The number of methoxy groups -OCH3 is 1. The standard InChI is InChI=1S/C30H35FN2O3S/c1-36-27-11-7-10-26(22-27)33(37(34,35)28-16-14-24(31)15-17-28)25-18-20-32(21-19-25)30-13-6-5-12-29(30)23-8-3-2-4-9-23/h2-4,7-11,14-17,22,25,29-30H,5-6,12-13,18-21H2,1H3/t29-,30-/m1/s1. The molecule has 3 aromatic rings. The van der Waals surface area contributed by atoms with Crippen LogP contribution in [0.2, 0.25) is 0 Å². The van der Waals surface area contributed by atoms with Gasteiger partial charge >= 0.3 is 0 Å². The number of hydrogen-bond donors (Lipinski definition) is 0. The molecule has 37 heavy (non-hydrogen) atoms. The number of likely N-dealkylation sites (tertiary alicyclic amines) is 1. The first-order valence-electron chi connectivity index (χ1n) is 13.2. The van der Waals surface area contributed by atoms with Crippen molar-refractivity contribution in [1.82, 2.24) is 4.90 Å². The van der Waals surface area contributed by atoms with E-state index in [0.717, 1.165) is 25.9 Å². The van der Waals surface area contributed by atoms with Crippen molar-refractivity contribution in [2.75, 3.05) is 24.5 Å². The van der Waals surface area contributed by atoms with Crippen LogP contribution in [0.5, 0.6) is 5.75 Å². The molecule has 1 saturated carbocycles. The molecule has 1 aliphatic carbocycles. The molecule has 0 radical (unpaired) electrons. The van der Waals surface area contributed by atoms with Crippen LogP contribution < -0.4 is 9.04 Å². The van der Waals surface area contributed by atoms with Gasteiger partial charge in [-0.1, -0.05) is 49.2 Å². The molecule has 0 amide bonds. The normalized spacial score (nSPS) is 21.5. The minimum atomic E-state index is -3.90. The molecule has 1 saturated heterocycles. The highest BCUT2D eigenvalue weighted by Gasteiger charge is 2.38. The summed E-state index contributed by atoms with van der Waals surface area (Å²) in [4.78, 5) is 2.68. The summed E-state index contributed by atoms with van der Waals surface area (Å²) in [6, 6.07) is 23.4. The number of rotatable bonds is 7. The Balaban J connectivity index is 1.40. The first kappa shape index (κ1) is 25.7. The van der Waals surface area contributed by atoms with Gasteiger partial charge < -0.3 is 4.74 Å². The average molecular weight is 523 g/mol. The summed E-state index contributed by atoms with van der Waals surface area (Å²) in [5.41, 5.74) is 1.98. The molecule has 0 bridgehead atoms. The number of ether oxygens (including phenoxy) is 1. The fraction of sp³-hybridized carbons (Fsp3) is 0.400. The molecular formula is C30H35FN2O3S. The fourth-order valence-corrected chi connectivity index (χ4v) is 7.80. The highest BCUT2D eigenvalue weighted by Crippen LogP contribution is 2.39. The lowest BCUT2D eigenvalue weighted by Gasteiger charge is -2.45. The molecule has 3 aromatic carbocycles. The second kappa shape index (κ2) is 11.2. The largest absolute Gasteiger partial charge is 0.497 e. The van der Waals surface area contributed by atoms with E-state index in [4.69, 9.17) is 4.74 Å². The molecule has 2 fully saturated rings. The second-order valence-electron chi connectivity index (χ2n) is 10.1. The third-order valence-electron chi connectivity index (χ3n) is 7.94. The van der Waals surface area contributed by atoms with Gasteiger partial charge in [0.1, 0.15) is 11.6 Å². The van der Waals surface area contributed by atoms with Crippen molar-refractivity contribution < 1.29 is 17.5 Å². The lowest BCUT2D eigenvalue weighted by Crippen LogP contribution is -2.51. The summed E-state index contributed by atoms with van der Waals surface area (Å²) in [6.45, 7) is 1.69. The van der Waals surface area contributed by atoms with E-state index in [2.05, 4.69) is 35.2 Å². The summed E-state index contributed by atoms with van der Waals surface area (Å²) in [5, 5.41) is 0. The highest BCUT2D eigenvalue weighted by molar-refractivity contribution is 7.92. The lowest BCUT2D eigenvalue weighted by molar-refractivity contribution is 0.107. The zero-order valence-electron chi connectivity index (χ0n) is 21.3.